The molecule has 4 aromatic rings. The lowest BCUT2D eigenvalue weighted by atomic mass is 9.90. The largest absolute Gasteiger partial charge is 0.396 e. The smallest absolute Gasteiger partial charge is 0.224 e. The van der Waals surface area contributed by atoms with Crippen molar-refractivity contribution < 1.29 is 5.11 Å². The highest BCUT2D eigenvalue weighted by molar-refractivity contribution is 9.10. The number of aliphatic hydroxyl groups excluding tert-OH is 1. The van der Waals surface area contributed by atoms with E-state index in [1.807, 2.05) is 35.9 Å². The van der Waals surface area contributed by atoms with E-state index in [1.54, 1.807) is 17.5 Å². The molecule has 8 nitrogen and oxygen atoms in total. The highest BCUT2D eigenvalue weighted by Gasteiger charge is 2.34. The first-order valence-corrected chi connectivity index (χ1v) is 11.7. The maximum atomic E-state index is 9.63. The molecule has 1 aromatic carbocycles. The molecule has 0 spiro atoms. The van der Waals surface area contributed by atoms with Gasteiger partial charge in [0.2, 0.25) is 5.95 Å². The zero-order valence-electron chi connectivity index (χ0n) is 17.2. The van der Waals surface area contributed by atoms with E-state index >= 15 is 0 Å². The maximum absolute atomic E-state index is 9.63. The van der Waals surface area contributed by atoms with Crippen molar-refractivity contribution in [3.05, 3.63) is 40.1 Å². The molecular formula is C21H22BrN7OS. The van der Waals surface area contributed by atoms with Gasteiger partial charge in [-0.3, -0.25) is 0 Å². The lowest BCUT2D eigenvalue weighted by Crippen LogP contribution is -2.22. The number of aromatic nitrogens is 6. The number of fused-ring (bicyclic) bond motifs is 1. The molecule has 0 amide bonds. The summed E-state index contributed by atoms with van der Waals surface area (Å²) in [5.74, 6) is 0.578. The number of nitrogens with one attached hydrogen (secondary N) is 1. The van der Waals surface area contributed by atoms with Crippen LogP contribution in [0.25, 0.3) is 27.3 Å². The summed E-state index contributed by atoms with van der Waals surface area (Å²) in [7, 11) is 0. The van der Waals surface area contributed by atoms with Crippen molar-refractivity contribution in [3.63, 3.8) is 0 Å². The Kier molecular flexibility index (Phi) is 5.23. The molecule has 3 aromatic heterocycles. The van der Waals surface area contributed by atoms with E-state index in [0.717, 1.165) is 51.6 Å². The van der Waals surface area contributed by atoms with Crippen molar-refractivity contribution in [2.75, 3.05) is 11.9 Å². The van der Waals surface area contributed by atoms with Crippen LogP contribution in [0.5, 0.6) is 0 Å². The topological polar surface area (TPSA) is 102 Å². The summed E-state index contributed by atoms with van der Waals surface area (Å²) < 4.78 is 2.51. The minimum absolute atomic E-state index is 0.0280. The van der Waals surface area contributed by atoms with Crippen molar-refractivity contribution in [2.45, 2.75) is 39.2 Å². The summed E-state index contributed by atoms with van der Waals surface area (Å²) >= 11 is 5.10. The van der Waals surface area contributed by atoms with Crippen LogP contribution in [0.3, 0.4) is 0 Å². The Morgan fingerprint density at radius 1 is 1.29 bits per heavy atom. The summed E-state index contributed by atoms with van der Waals surface area (Å²) in [5.41, 5.74) is 2.63. The van der Waals surface area contributed by atoms with Crippen LogP contribution in [0.4, 0.5) is 5.95 Å². The first-order valence-electron chi connectivity index (χ1n) is 10.1. The summed E-state index contributed by atoms with van der Waals surface area (Å²) in [4.78, 5) is 9.24. The monoisotopic (exact) mass is 499 g/mol. The number of aliphatic hydroxyl groups is 1. The number of nitrogens with zero attached hydrogens (tertiary/aromatic N) is 6. The predicted molar refractivity (Wildman–Crippen MR) is 124 cm³/mol. The fourth-order valence-electron chi connectivity index (χ4n) is 4.05. The lowest BCUT2D eigenvalue weighted by molar-refractivity contribution is 0.148. The molecule has 31 heavy (non-hydrogen) atoms. The van der Waals surface area contributed by atoms with E-state index in [1.165, 1.54) is 0 Å². The van der Waals surface area contributed by atoms with E-state index < -0.39 is 0 Å². The van der Waals surface area contributed by atoms with Crippen molar-refractivity contribution in [1.29, 1.82) is 0 Å². The Balaban J connectivity index is 1.44. The summed E-state index contributed by atoms with van der Waals surface area (Å²) in [6, 6.07) is 8.30. The summed E-state index contributed by atoms with van der Waals surface area (Å²) in [6.45, 7) is 4.28. The third kappa shape index (κ3) is 3.95. The van der Waals surface area contributed by atoms with E-state index in [4.69, 9.17) is 4.98 Å². The van der Waals surface area contributed by atoms with Gasteiger partial charge in [0.15, 0.2) is 5.65 Å². The molecule has 0 aliphatic heterocycles. The molecule has 0 unspecified atom stereocenters. The highest BCUT2D eigenvalue weighted by Crippen LogP contribution is 2.38. The van der Waals surface area contributed by atoms with E-state index in [9.17, 15) is 5.11 Å². The molecule has 2 atom stereocenters. The van der Waals surface area contributed by atoms with Gasteiger partial charge in [0.25, 0.3) is 0 Å². The van der Waals surface area contributed by atoms with Gasteiger partial charge in [-0.25, -0.2) is 9.67 Å². The minimum Gasteiger partial charge on any atom is -0.396 e. The zero-order valence-corrected chi connectivity index (χ0v) is 19.6. The second-order valence-corrected chi connectivity index (χ2v) is 10.3. The van der Waals surface area contributed by atoms with E-state index in [2.05, 4.69) is 48.5 Å². The van der Waals surface area contributed by atoms with E-state index in [0.29, 0.717) is 10.6 Å². The molecule has 1 aliphatic rings. The van der Waals surface area contributed by atoms with Crippen LogP contribution in [-0.2, 0) is 0 Å². The Morgan fingerprint density at radius 2 is 2.10 bits per heavy atom. The van der Waals surface area contributed by atoms with Gasteiger partial charge in [0.05, 0.1) is 11.1 Å². The molecule has 10 heteroatoms. The molecule has 0 saturated heterocycles. The SMILES string of the molecule is Cc1nnc(-c2ccc(-n3nc(Br)c4cnc(N[C@@H]5CC[C@@](C)(CO)C5)nc43)cc2)s1. The van der Waals surface area contributed by atoms with Crippen LogP contribution in [-0.4, -0.2) is 47.7 Å². The van der Waals surface area contributed by atoms with Gasteiger partial charge in [0, 0.05) is 24.4 Å². The van der Waals surface area contributed by atoms with Crippen molar-refractivity contribution >= 4 is 44.2 Å². The number of aryl methyl sites for hydroxylation is 1. The van der Waals surface area contributed by atoms with Gasteiger partial charge in [-0.1, -0.05) is 18.3 Å². The van der Waals surface area contributed by atoms with Crippen molar-refractivity contribution in [1.82, 2.24) is 29.9 Å². The van der Waals surface area contributed by atoms with Crippen LogP contribution in [0.2, 0.25) is 0 Å². The minimum atomic E-state index is -0.0280. The number of halogens is 1. The van der Waals surface area contributed by atoms with Gasteiger partial charge in [0.1, 0.15) is 14.6 Å². The molecule has 0 bridgehead atoms. The number of rotatable bonds is 5. The van der Waals surface area contributed by atoms with Gasteiger partial charge in [-0.15, -0.1) is 10.2 Å². The van der Waals surface area contributed by atoms with Crippen molar-refractivity contribution in [2.24, 2.45) is 5.41 Å². The summed E-state index contributed by atoms with van der Waals surface area (Å²) in [6.07, 6.45) is 4.68. The van der Waals surface area contributed by atoms with Crippen molar-refractivity contribution in [3.8, 4) is 16.3 Å². The number of anilines is 1. The molecule has 3 heterocycles. The molecule has 1 saturated carbocycles. The normalized spacial score (nSPS) is 21.1. The zero-order chi connectivity index (χ0) is 21.6. The standard InChI is InChI=1S/C21H22BrN7OS/c1-12-26-27-19(31-12)13-3-5-15(6-4-13)29-18-16(17(22)28-29)10-23-20(25-18)24-14-7-8-21(2,9-14)11-30/h3-6,10,14,30H,7-9,11H2,1-2H3,(H,23,24,25)/t14-,21-/m1/s1. The molecular weight excluding hydrogens is 478 g/mol. The first-order chi connectivity index (χ1) is 14.9. The third-order valence-electron chi connectivity index (χ3n) is 5.81. The van der Waals surface area contributed by atoms with Crippen LogP contribution in [0.15, 0.2) is 35.1 Å². The van der Waals surface area contributed by atoms with E-state index in [-0.39, 0.29) is 18.1 Å². The molecule has 1 fully saturated rings. The number of hydrogen-bond donors (Lipinski definition) is 2. The number of benzene rings is 1. The number of hydrogen-bond acceptors (Lipinski definition) is 8. The molecule has 0 radical (unpaired) electrons. The van der Waals surface area contributed by atoms with Gasteiger partial charge < -0.3 is 10.4 Å². The van der Waals surface area contributed by atoms with Crippen LogP contribution in [0.1, 0.15) is 31.2 Å². The molecule has 2 N–H and O–H groups in total. The average Bonchev–Trinajstić information content (AvgIpc) is 3.46. The maximum Gasteiger partial charge on any atom is 0.224 e. The highest BCUT2D eigenvalue weighted by atomic mass is 79.9. The Morgan fingerprint density at radius 3 is 2.77 bits per heavy atom. The van der Waals surface area contributed by atoms with Gasteiger partial charge in [-0.05, 0) is 71.8 Å². The lowest BCUT2D eigenvalue weighted by Gasteiger charge is -2.20. The van der Waals surface area contributed by atoms with Gasteiger partial charge >= 0.3 is 0 Å². The predicted octanol–water partition coefficient (Wildman–Crippen LogP) is 4.37. The average molecular weight is 500 g/mol. The molecule has 160 valence electrons. The molecule has 1 aliphatic carbocycles. The Hall–Kier alpha value is -2.43. The van der Waals surface area contributed by atoms with Crippen LogP contribution < -0.4 is 5.32 Å². The van der Waals surface area contributed by atoms with Gasteiger partial charge in [-0.2, -0.15) is 10.1 Å². The summed E-state index contributed by atoms with van der Waals surface area (Å²) in [5, 5.41) is 28.7. The fourth-order valence-corrected chi connectivity index (χ4v) is 5.18. The van der Waals surface area contributed by atoms with Crippen LogP contribution in [0, 0.1) is 12.3 Å². The molecule has 5 rings (SSSR count). The second kappa shape index (κ2) is 7.92. The second-order valence-electron chi connectivity index (χ2n) is 8.36. The Labute approximate surface area is 191 Å². The first kappa shape index (κ1) is 20.5. The van der Waals surface area contributed by atoms with Crippen LogP contribution >= 0.6 is 27.3 Å². The Bertz CT molecular complexity index is 1240. The fraction of sp³-hybridized carbons (Fsp3) is 0.381. The third-order valence-corrected chi connectivity index (χ3v) is 7.29. The quantitative estimate of drug-likeness (QED) is 0.420.